The summed E-state index contributed by atoms with van der Waals surface area (Å²) in [6.07, 6.45) is -6.84. The lowest BCUT2D eigenvalue weighted by atomic mass is 9.91. The van der Waals surface area contributed by atoms with E-state index in [4.69, 9.17) is 4.74 Å². The largest absolute Gasteiger partial charge is 0.481 e. The van der Waals surface area contributed by atoms with Gasteiger partial charge in [-0.05, 0) is 67.3 Å². The number of hydrogen-bond acceptors (Lipinski definition) is 5. The molecule has 0 aliphatic carbocycles. The minimum absolute atomic E-state index is 0.00849. The summed E-state index contributed by atoms with van der Waals surface area (Å²) in [6, 6.07) is 5.12. The third kappa shape index (κ3) is 6.94. The molecular formula is C36H30F7N3O5. The molecule has 1 aromatic heterocycles. The number of rotatable bonds is 6. The van der Waals surface area contributed by atoms with Crippen LogP contribution in [0.4, 0.5) is 30.7 Å². The molecule has 0 saturated carbocycles. The highest BCUT2D eigenvalue weighted by atomic mass is 19.4. The Hall–Kier alpha value is -5.18. The maximum absolute atomic E-state index is 16.6. The van der Waals surface area contributed by atoms with Gasteiger partial charge in [0, 0.05) is 54.2 Å². The summed E-state index contributed by atoms with van der Waals surface area (Å²) in [7, 11) is 0. The number of hydrogen-bond donors (Lipinski definition) is 2. The number of benzene rings is 3. The fourth-order valence-corrected chi connectivity index (χ4v) is 6.57. The molecule has 2 aliphatic rings. The molecule has 4 bridgehead atoms. The molecular weight excluding hydrogens is 687 g/mol. The number of carboxylic acid groups (broad SMARTS) is 1. The van der Waals surface area contributed by atoms with E-state index in [-0.39, 0.29) is 60.3 Å². The molecule has 2 atom stereocenters. The van der Waals surface area contributed by atoms with Crippen LogP contribution in [-0.2, 0) is 22.2 Å². The first-order chi connectivity index (χ1) is 24.0. The Bertz CT molecular complexity index is 2110. The molecule has 4 aromatic rings. The van der Waals surface area contributed by atoms with Gasteiger partial charge < -0.3 is 15.2 Å². The third-order valence-corrected chi connectivity index (χ3v) is 9.06. The number of halogens is 7. The highest BCUT2D eigenvalue weighted by molar-refractivity contribution is 5.85. The normalized spacial score (nSPS) is 18.0. The minimum Gasteiger partial charge on any atom is -0.481 e. The van der Waals surface area contributed by atoms with Gasteiger partial charge in [0.1, 0.15) is 41.2 Å². The fraction of sp³-hybridized carbons (Fsp3) is 0.306. The molecule has 2 aliphatic heterocycles. The molecule has 6 rings (SSSR count). The number of carbonyl (C=O) groups excluding carboxylic acids is 1. The van der Waals surface area contributed by atoms with Crippen molar-refractivity contribution in [2.45, 2.75) is 51.1 Å². The van der Waals surface area contributed by atoms with Gasteiger partial charge in [0.15, 0.2) is 0 Å². The number of amides is 1. The van der Waals surface area contributed by atoms with Crippen LogP contribution in [0.5, 0.6) is 11.5 Å². The standard InChI is InChI=1S/C36H30F7N3O5/c1-17-4-3-5-27-30(17)23-10-18(2)32(39)31(33(23)40)26(13-29(48)49)44-35(50)34(22-11-21(51-27)6-7-25(22)38)46-14-19(8-9-45-15-20(37)16-45)24(12-28(46)47)36(41,42)43/h3-7,10-12,14,20,26,34H,8-9,13,15-16H2,1-2H3,(H,44,50)(H,48,49)/t26-,34+/m1/s1. The van der Waals surface area contributed by atoms with E-state index in [0.717, 1.165) is 18.3 Å². The lowest BCUT2D eigenvalue weighted by Gasteiger charge is -2.34. The van der Waals surface area contributed by atoms with Crippen LogP contribution in [-0.4, -0.2) is 52.3 Å². The van der Waals surface area contributed by atoms with Crippen molar-refractivity contribution in [3.8, 4) is 22.6 Å². The lowest BCUT2D eigenvalue weighted by molar-refractivity contribution is -0.139. The Morgan fingerprint density at radius 3 is 2.39 bits per heavy atom. The first-order valence-corrected chi connectivity index (χ1v) is 15.8. The number of carboxylic acids is 1. The number of pyridine rings is 1. The molecule has 0 radical (unpaired) electrons. The number of aromatic nitrogens is 1. The number of alkyl halides is 4. The van der Waals surface area contributed by atoms with E-state index in [1.165, 1.54) is 25.1 Å². The summed E-state index contributed by atoms with van der Waals surface area (Å²) < 4.78 is 111. The molecule has 51 heavy (non-hydrogen) atoms. The highest BCUT2D eigenvalue weighted by Crippen LogP contribution is 2.42. The SMILES string of the molecule is Cc1cc2c(F)c(c1F)[C@@H](CC(=O)O)NC(=O)[C@@H](n1cc(CCN3CC(F)C3)c(C(F)(F)F)cc1=O)c1cc(ccc1F)Oc1cccc(C)c1-2. The highest BCUT2D eigenvalue weighted by Gasteiger charge is 2.38. The van der Waals surface area contributed by atoms with Gasteiger partial charge in [-0.2, -0.15) is 13.2 Å². The van der Waals surface area contributed by atoms with Crippen molar-refractivity contribution in [3.63, 3.8) is 0 Å². The Kier molecular flexibility index (Phi) is 9.44. The van der Waals surface area contributed by atoms with Gasteiger partial charge in [0.05, 0.1) is 18.0 Å². The van der Waals surface area contributed by atoms with Crippen LogP contribution in [0.3, 0.4) is 0 Å². The van der Waals surface area contributed by atoms with Crippen molar-refractivity contribution in [2.75, 3.05) is 19.6 Å². The summed E-state index contributed by atoms with van der Waals surface area (Å²) in [4.78, 5) is 41.3. The van der Waals surface area contributed by atoms with E-state index in [1.54, 1.807) is 24.0 Å². The monoisotopic (exact) mass is 717 g/mol. The zero-order valence-corrected chi connectivity index (χ0v) is 27.1. The second kappa shape index (κ2) is 13.5. The van der Waals surface area contributed by atoms with Crippen molar-refractivity contribution in [1.29, 1.82) is 0 Å². The summed E-state index contributed by atoms with van der Waals surface area (Å²) in [5.41, 5.74) is -4.32. The molecule has 2 N–H and O–H groups in total. The molecule has 15 heteroatoms. The number of nitrogens with zero attached hydrogens (tertiary/aromatic N) is 2. The third-order valence-electron chi connectivity index (χ3n) is 9.06. The van der Waals surface area contributed by atoms with Gasteiger partial charge >= 0.3 is 12.1 Å². The van der Waals surface area contributed by atoms with Gasteiger partial charge in [-0.25, -0.2) is 17.6 Å². The van der Waals surface area contributed by atoms with E-state index in [0.29, 0.717) is 10.1 Å². The molecule has 1 saturated heterocycles. The molecule has 1 fully saturated rings. The molecule has 1 amide bonds. The Morgan fingerprint density at radius 1 is 1.00 bits per heavy atom. The molecule has 8 nitrogen and oxygen atoms in total. The van der Waals surface area contributed by atoms with Crippen LogP contribution in [0.25, 0.3) is 11.1 Å². The summed E-state index contributed by atoms with van der Waals surface area (Å²) >= 11 is 0. The number of fused-ring (bicyclic) bond motifs is 6. The van der Waals surface area contributed by atoms with Gasteiger partial charge in [-0.15, -0.1) is 0 Å². The van der Waals surface area contributed by atoms with Gasteiger partial charge in [0.2, 0.25) is 5.91 Å². The number of aryl methyl sites for hydroxylation is 2. The van der Waals surface area contributed by atoms with E-state index in [9.17, 15) is 37.1 Å². The predicted molar refractivity (Wildman–Crippen MR) is 170 cm³/mol. The number of nitrogens with one attached hydrogen (secondary N) is 1. The van der Waals surface area contributed by atoms with Gasteiger partial charge in [-0.1, -0.05) is 12.1 Å². The number of likely N-dealkylation sites (tertiary alicyclic amines) is 1. The van der Waals surface area contributed by atoms with Crippen LogP contribution in [0.15, 0.2) is 59.5 Å². The number of ether oxygens (including phenoxy) is 1. The van der Waals surface area contributed by atoms with Crippen LogP contribution in [0.1, 0.15) is 51.9 Å². The van der Waals surface area contributed by atoms with Crippen molar-refractivity contribution < 1.29 is 50.2 Å². The topological polar surface area (TPSA) is 101 Å². The average Bonchev–Trinajstić information content (AvgIpc) is 3.02. The van der Waals surface area contributed by atoms with E-state index in [2.05, 4.69) is 5.32 Å². The van der Waals surface area contributed by atoms with Crippen LogP contribution in [0, 0.1) is 31.3 Å². The van der Waals surface area contributed by atoms with Gasteiger partial charge in [0.25, 0.3) is 5.56 Å². The lowest BCUT2D eigenvalue weighted by Crippen LogP contribution is -2.49. The maximum Gasteiger partial charge on any atom is 0.416 e. The predicted octanol–water partition coefficient (Wildman–Crippen LogP) is 6.79. The molecule has 3 aromatic carbocycles. The van der Waals surface area contributed by atoms with Crippen molar-refractivity contribution in [1.82, 2.24) is 14.8 Å². The Morgan fingerprint density at radius 2 is 1.73 bits per heavy atom. The van der Waals surface area contributed by atoms with E-state index < -0.39 is 88.0 Å². The quantitative estimate of drug-likeness (QED) is 0.213. The maximum atomic E-state index is 16.6. The zero-order chi connectivity index (χ0) is 36.9. The average molecular weight is 718 g/mol. The Labute approximate surface area is 286 Å². The second-order valence-corrected chi connectivity index (χ2v) is 12.6. The van der Waals surface area contributed by atoms with E-state index in [1.807, 2.05) is 0 Å². The molecule has 0 spiro atoms. The summed E-state index contributed by atoms with van der Waals surface area (Å²) in [5, 5.41) is 12.0. The smallest absolute Gasteiger partial charge is 0.416 e. The molecule has 3 heterocycles. The Balaban J connectivity index is 1.60. The van der Waals surface area contributed by atoms with E-state index >= 15 is 13.2 Å². The molecule has 0 unspecified atom stereocenters. The first kappa shape index (κ1) is 35.6. The van der Waals surface area contributed by atoms with Crippen molar-refractivity contribution >= 4 is 11.9 Å². The van der Waals surface area contributed by atoms with Crippen molar-refractivity contribution in [3.05, 3.63) is 116 Å². The number of aliphatic carboxylic acids is 1. The number of carbonyl (C=O) groups is 2. The zero-order valence-electron chi connectivity index (χ0n) is 27.1. The van der Waals surface area contributed by atoms with Gasteiger partial charge in [-0.3, -0.25) is 23.9 Å². The summed E-state index contributed by atoms with van der Waals surface area (Å²) in [5.74, 6) is -6.57. The van der Waals surface area contributed by atoms with Crippen LogP contribution in [0.2, 0.25) is 0 Å². The van der Waals surface area contributed by atoms with Crippen molar-refractivity contribution in [2.24, 2.45) is 0 Å². The fourth-order valence-electron chi connectivity index (χ4n) is 6.57. The van der Waals surface area contributed by atoms with Crippen LogP contribution >= 0.6 is 0 Å². The second-order valence-electron chi connectivity index (χ2n) is 12.6. The first-order valence-electron chi connectivity index (χ1n) is 15.8. The summed E-state index contributed by atoms with van der Waals surface area (Å²) in [6.45, 7) is 2.87. The minimum atomic E-state index is -5.02. The molecule has 268 valence electrons. The van der Waals surface area contributed by atoms with Crippen LogP contribution < -0.4 is 15.6 Å².